The van der Waals surface area contributed by atoms with E-state index in [1.807, 2.05) is 19.1 Å². The Bertz CT molecular complexity index is 1140. The van der Waals surface area contributed by atoms with Crippen molar-refractivity contribution >= 4 is 23.3 Å². The fourth-order valence-electron chi connectivity index (χ4n) is 2.87. The molecular formula is C20H19ClN8O2. The molecule has 2 amide bonds. The summed E-state index contributed by atoms with van der Waals surface area (Å²) in [6.07, 6.45) is 5.29. The summed E-state index contributed by atoms with van der Waals surface area (Å²) >= 11 is 6.19. The van der Waals surface area contributed by atoms with Gasteiger partial charge in [-0.1, -0.05) is 30.7 Å². The van der Waals surface area contributed by atoms with E-state index in [0.29, 0.717) is 40.4 Å². The van der Waals surface area contributed by atoms with Crippen LogP contribution < -0.4 is 5.32 Å². The number of anilines is 1. The van der Waals surface area contributed by atoms with Gasteiger partial charge in [-0.2, -0.15) is 5.10 Å². The number of benzene rings is 1. The van der Waals surface area contributed by atoms with Crippen molar-refractivity contribution in [2.45, 2.75) is 19.9 Å². The lowest BCUT2D eigenvalue weighted by molar-refractivity contribution is 0.203. The summed E-state index contributed by atoms with van der Waals surface area (Å²) in [4.78, 5) is 22.6. The maximum atomic E-state index is 12.8. The predicted octanol–water partition coefficient (Wildman–Crippen LogP) is 3.81. The maximum Gasteiger partial charge on any atom is 0.322 e. The van der Waals surface area contributed by atoms with Gasteiger partial charge in [0.2, 0.25) is 11.8 Å². The molecule has 158 valence electrons. The molecule has 0 saturated heterocycles. The third-order valence-corrected chi connectivity index (χ3v) is 4.66. The standard InChI is InChI=1S/C20H19ClN8O2/c1-2-9-28(11-18-26-27-19(31-18)15-5-3-4-6-16(15)21)20(30)25-14-7-8-17(23-10-14)29-13-22-12-24-29/h3-8,10,12-13H,2,9,11H2,1H3,(H,25,30). The first-order valence-electron chi connectivity index (χ1n) is 9.58. The van der Waals surface area contributed by atoms with Crippen molar-refractivity contribution in [3.8, 4) is 17.3 Å². The molecule has 0 atom stereocenters. The monoisotopic (exact) mass is 438 g/mol. The lowest BCUT2D eigenvalue weighted by atomic mass is 10.2. The number of hydrogen-bond donors (Lipinski definition) is 1. The molecule has 0 aliphatic carbocycles. The summed E-state index contributed by atoms with van der Waals surface area (Å²) < 4.78 is 7.26. The van der Waals surface area contributed by atoms with Crippen molar-refractivity contribution in [1.82, 2.24) is 34.8 Å². The smallest absolute Gasteiger partial charge is 0.322 e. The Morgan fingerprint density at radius 3 is 2.81 bits per heavy atom. The molecule has 1 aromatic carbocycles. The van der Waals surface area contributed by atoms with Crippen molar-refractivity contribution in [3.63, 3.8) is 0 Å². The maximum absolute atomic E-state index is 12.8. The first kappa shape index (κ1) is 20.5. The highest BCUT2D eigenvalue weighted by atomic mass is 35.5. The normalized spacial score (nSPS) is 10.8. The van der Waals surface area contributed by atoms with Gasteiger partial charge in [0, 0.05) is 6.54 Å². The van der Waals surface area contributed by atoms with E-state index in [2.05, 4.69) is 30.6 Å². The number of rotatable bonds is 7. The van der Waals surface area contributed by atoms with E-state index >= 15 is 0 Å². The van der Waals surface area contributed by atoms with Crippen LogP contribution in [0.25, 0.3) is 17.3 Å². The molecule has 0 fully saturated rings. The number of carbonyl (C=O) groups is 1. The zero-order chi connectivity index (χ0) is 21.6. The zero-order valence-electron chi connectivity index (χ0n) is 16.6. The van der Waals surface area contributed by atoms with E-state index in [0.717, 1.165) is 6.42 Å². The number of hydrogen-bond acceptors (Lipinski definition) is 7. The van der Waals surface area contributed by atoms with Crippen LogP contribution in [0.4, 0.5) is 10.5 Å². The molecule has 31 heavy (non-hydrogen) atoms. The SMILES string of the molecule is CCCN(Cc1nnc(-c2ccccc2Cl)o1)C(=O)Nc1ccc(-n2cncn2)nc1. The number of nitrogens with one attached hydrogen (secondary N) is 1. The Morgan fingerprint density at radius 1 is 1.23 bits per heavy atom. The third-order valence-electron chi connectivity index (χ3n) is 4.33. The van der Waals surface area contributed by atoms with Crippen molar-refractivity contribution < 1.29 is 9.21 Å². The minimum absolute atomic E-state index is 0.168. The van der Waals surface area contributed by atoms with Gasteiger partial charge in [0.15, 0.2) is 5.82 Å². The van der Waals surface area contributed by atoms with Crippen molar-refractivity contribution in [2.24, 2.45) is 0 Å². The molecule has 4 rings (SSSR count). The number of pyridine rings is 1. The van der Waals surface area contributed by atoms with Crippen LogP contribution in [0.1, 0.15) is 19.2 Å². The summed E-state index contributed by atoms with van der Waals surface area (Å²) in [6, 6.07) is 10.4. The van der Waals surface area contributed by atoms with Gasteiger partial charge in [-0.3, -0.25) is 0 Å². The molecule has 0 bridgehead atoms. The van der Waals surface area contributed by atoms with Gasteiger partial charge < -0.3 is 14.6 Å². The van der Waals surface area contributed by atoms with Crippen molar-refractivity contribution in [3.05, 3.63) is 66.2 Å². The lowest BCUT2D eigenvalue weighted by Crippen LogP contribution is -2.35. The topological polar surface area (TPSA) is 115 Å². The largest absolute Gasteiger partial charge is 0.419 e. The molecule has 0 aliphatic rings. The van der Waals surface area contributed by atoms with Gasteiger partial charge >= 0.3 is 6.03 Å². The Hall–Kier alpha value is -3.79. The quantitative estimate of drug-likeness (QED) is 0.466. The summed E-state index contributed by atoms with van der Waals surface area (Å²) in [5.41, 5.74) is 1.20. The summed E-state index contributed by atoms with van der Waals surface area (Å²) in [7, 11) is 0. The molecule has 0 aliphatic heterocycles. The van der Waals surface area contributed by atoms with Crippen LogP contribution in [0.2, 0.25) is 5.02 Å². The van der Waals surface area contributed by atoms with E-state index in [1.54, 1.807) is 41.7 Å². The Kier molecular flexibility index (Phi) is 6.18. The number of urea groups is 1. The van der Waals surface area contributed by atoms with E-state index in [-0.39, 0.29) is 12.6 Å². The van der Waals surface area contributed by atoms with Crippen LogP contribution in [-0.4, -0.2) is 47.4 Å². The molecule has 11 heteroatoms. The third kappa shape index (κ3) is 4.86. The molecule has 4 aromatic rings. The lowest BCUT2D eigenvalue weighted by Gasteiger charge is -2.20. The summed E-state index contributed by atoms with van der Waals surface area (Å²) in [6.45, 7) is 2.67. The number of nitrogens with zero attached hydrogens (tertiary/aromatic N) is 7. The molecule has 10 nitrogen and oxygen atoms in total. The number of carbonyl (C=O) groups excluding carboxylic acids is 1. The molecule has 0 spiro atoms. The van der Waals surface area contributed by atoms with E-state index in [9.17, 15) is 4.79 Å². The van der Waals surface area contributed by atoms with Gasteiger partial charge in [-0.15, -0.1) is 10.2 Å². The van der Waals surface area contributed by atoms with Gasteiger partial charge in [-0.05, 0) is 30.7 Å². The Morgan fingerprint density at radius 2 is 2.10 bits per heavy atom. The van der Waals surface area contributed by atoms with Gasteiger partial charge in [0.05, 0.1) is 22.5 Å². The van der Waals surface area contributed by atoms with Crippen LogP contribution in [0, 0.1) is 0 Å². The second kappa shape index (κ2) is 9.35. The molecule has 3 aromatic heterocycles. The summed E-state index contributed by atoms with van der Waals surface area (Å²) in [5, 5.41) is 15.5. The van der Waals surface area contributed by atoms with Crippen LogP contribution in [0.3, 0.4) is 0 Å². The average Bonchev–Trinajstić information content (AvgIpc) is 3.47. The molecule has 0 radical (unpaired) electrons. The highest BCUT2D eigenvalue weighted by Crippen LogP contribution is 2.26. The van der Waals surface area contributed by atoms with E-state index < -0.39 is 0 Å². The molecule has 3 heterocycles. The average molecular weight is 439 g/mol. The number of halogens is 1. The van der Waals surface area contributed by atoms with Gasteiger partial charge in [-0.25, -0.2) is 19.4 Å². The number of aromatic nitrogens is 6. The summed E-state index contributed by atoms with van der Waals surface area (Å²) in [5.74, 6) is 1.22. The van der Waals surface area contributed by atoms with Crippen LogP contribution in [-0.2, 0) is 6.54 Å². The first-order valence-corrected chi connectivity index (χ1v) is 9.96. The highest BCUT2D eigenvalue weighted by Gasteiger charge is 2.18. The molecule has 1 N–H and O–H groups in total. The van der Waals surface area contributed by atoms with Gasteiger partial charge in [0.1, 0.15) is 19.2 Å². The van der Waals surface area contributed by atoms with Gasteiger partial charge in [0.25, 0.3) is 0 Å². The zero-order valence-corrected chi connectivity index (χ0v) is 17.4. The molecular weight excluding hydrogens is 420 g/mol. The molecule has 0 saturated carbocycles. The van der Waals surface area contributed by atoms with Crippen LogP contribution >= 0.6 is 11.6 Å². The minimum Gasteiger partial charge on any atom is -0.419 e. The second-order valence-electron chi connectivity index (χ2n) is 6.58. The van der Waals surface area contributed by atoms with Crippen molar-refractivity contribution in [1.29, 1.82) is 0 Å². The van der Waals surface area contributed by atoms with E-state index in [1.165, 1.54) is 11.0 Å². The number of amides is 2. The first-order chi connectivity index (χ1) is 15.1. The van der Waals surface area contributed by atoms with Crippen LogP contribution in [0.5, 0.6) is 0 Å². The fourth-order valence-corrected chi connectivity index (χ4v) is 3.09. The highest BCUT2D eigenvalue weighted by molar-refractivity contribution is 6.33. The van der Waals surface area contributed by atoms with Crippen molar-refractivity contribution in [2.75, 3.05) is 11.9 Å². The van der Waals surface area contributed by atoms with Crippen LogP contribution in [0.15, 0.2) is 59.7 Å². The predicted molar refractivity (Wildman–Crippen MR) is 114 cm³/mol. The van der Waals surface area contributed by atoms with E-state index in [4.69, 9.17) is 16.0 Å². The molecule has 0 unspecified atom stereocenters. The Labute approximate surface area is 182 Å². The fraction of sp³-hybridized carbons (Fsp3) is 0.200. The minimum atomic E-state index is -0.297. The Balaban J connectivity index is 1.44. The second-order valence-corrected chi connectivity index (χ2v) is 6.98.